The fraction of sp³-hybridized carbons (Fsp3) is 0.450. The molecule has 3 heterocycles. The van der Waals surface area contributed by atoms with Crippen LogP contribution in [0.2, 0.25) is 0 Å². The molecule has 2 fully saturated rings. The van der Waals surface area contributed by atoms with E-state index in [2.05, 4.69) is 0 Å². The van der Waals surface area contributed by atoms with Crippen LogP contribution in [0.1, 0.15) is 37.3 Å². The first-order valence-electron chi connectivity index (χ1n) is 9.56. The number of carbonyl (C=O) groups excluding carboxylic acids is 1. The van der Waals surface area contributed by atoms with Crippen molar-refractivity contribution < 1.29 is 17.6 Å². The lowest BCUT2D eigenvalue weighted by Gasteiger charge is -2.35. The van der Waals surface area contributed by atoms with Crippen LogP contribution in [0, 0.1) is 11.7 Å². The van der Waals surface area contributed by atoms with Crippen LogP contribution in [0.25, 0.3) is 0 Å². The van der Waals surface area contributed by atoms with Crippen molar-refractivity contribution >= 4 is 27.3 Å². The van der Waals surface area contributed by atoms with Gasteiger partial charge in [0.15, 0.2) is 0 Å². The number of carbonyl (C=O) groups is 1. The molecule has 2 unspecified atom stereocenters. The van der Waals surface area contributed by atoms with E-state index in [-0.39, 0.29) is 30.2 Å². The number of hydrogen-bond acceptors (Lipinski definition) is 4. The number of benzene rings is 1. The Bertz CT molecular complexity index is 929. The number of nitrogens with zero attached hydrogens (tertiary/aromatic N) is 2. The summed E-state index contributed by atoms with van der Waals surface area (Å²) < 4.78 is 40.7. The quantitative estimate of drug-likeness (QED) is 0.756. The van der Waals surface area contributed by atoms with Gasteiger partial charge in [-0.2, -0.15) is 4.31 Å². The van der Waals surface area contributed by atoms with Crippen LogP contribution in [-0.4, -0.2) is 43.2 Å². The number of hydrogen-bond donors (Lipinski definition) is 0. The Balaban J connectivity index is 1.50. The van der Waals surface area contributed by atoms with Crippen LogP contribution in [0.3, 0.4) is 0 Å². The number of likely N-dealkylation sites (tertiary alicyclic amines) is 1. The predicted octanol–water partition coefficient (Wildman–Crippen LogP) is 3.65. The summed E-state index contributed by atoms with van der Waals surface area (Å²) in [5.74, 6) is -0.608. The van der Waals surface area contributed by atoms with E-state index in [1.165, 1.54) is 27.8 Å². The summed E-state index contributed by atoms with van der Waals surface area (Å²) in [5.41, 5.74) is 0.936. The van der Waals surface area contributed by atoms with Gasteiger partial charge < -0.3 is 4.90 Å². The van der Waals surface area contributed by atoms with Crippen LogP contribution < -0.4 is 0 Å². The zero-order valence-electron chi connectivity index (χ0n) is 15.5. The van der Waals surface area contributed by atoms with E-state index < -0.39 is 10.0 Å². The van der Waals surface area contributed by atoms with E-state index in [0.717, 1.165) is 18.4 Å². The zero-order chi connectivity index (χ0) is 19.7. The van der Waals surface area contributed by atoms with Crippen molar-refractivity contribution in [3.8, 4) is 0 Å². The summed E-state index contributed by atoms with van der Waals surface area (Å²) in [6.07, 6.45) is 3.12. The largest absolute Gasteiger partial charge is 0.335 e. The van der Waals surface area contributed by atoms with E-state index in [0.29, 0.717) is 30.1 Å². The second-order valence-corrected chi connectivity index (χ2v) is 10.5. The number of sulfonamides is 1. The topological polar surface area (TPSA) is 57.7 Å². The maximum Gasteiger partial charge on any atom is 0.252 e. The average Bonchev–Trinajstić information content (AvgIpc) is 3.40. The van der Waals surface area contributed by atoms with E-state index in [4.69, 9.17) is 0 Å². The maximum absolute atomic E-state index is 13.2. The molecule has 2 aromatic rings. The minimum atomic E-state index is -3.54. The smallest absolute Gasteiger partial charge is 0.252 e. The normalized spacial score (nSPS) is 23.8. The molecule has 2 saturated heterocycles. The number of halogens is 1. The Labute approximate surface area is 168 Å². The summed E-state index contributed by atoms with van der Waals surface area (Å²) in [5, 5.41) is 1.75. The molecule has 0 saturated carbocycles. The second-order valence-electron chi connectivity index (χ2n) is 7.38. The first-order chi connectivity index (χ1) is 13.5. The molecule has 28 heavy (non-hydrogen) atoms. The van der Waals surface area contributed by atoms with Crippen LogP contribution >= 0.6 is 11.3 Å². The molecule has 0 spiro atoms. The first-order valence-corrected chi connectivity index (χ1v) is 11.9. The SMILES string of the molecule is O=C(C1CCCN(S(=O)(=O)c2cccs2)C1)N1CCCC1c1ccc(F)cc1. The van der Waals surface area contributed by atoms with Crippen molar-refractivity contribution in [2.75, 3.05) is 19.6 Å². The van der Waals surface area contributed by atoms with Crippen molar-refractivity contribution in [1.29, 1.82) is 0 Å². The van der Waals surface area contributed by atoms with Gasteiger partial charge >= 0.3 is 0 Å². The summed E-state index contributed by atoms with van der Waals surface area (Å²) in [4.78, 5) is 15.1. The van der Waals surface area contributed by atoms with Gasteiger partial charge in [-0.1, -0.05) is 18.2 Å². The Morgan fingerprint density at radius 1 is 1.07 bits per heavy atom. The third-order valence-corrected chi connectivity index (χ3v) is 8.85. The minimum Gasteiger partial charge on any atom is -0.335 e. The van der Waals surface area contributed by atoms with Crippen molar-refractivity contribution in [3.63, 3.8) is 0 Å². The molecule has 1 aromatic heterocycles. The van der Waals surface area contributed by atoms with Gasteiger partial charge in [0.2, 0.25) is 5.91 Å². The monoisotopic (exact) mass is 422 g/mol. The van der Waals surface area contributed by atoms with Crippen LogP contribution in [0.15, 0.2) is 46.0 Å². The van der Waals surface area contributed by atoms with Crippen molar-refractivity contribution in [1.82, 2.24) is 9.21 Å². The highest BCUT2D eigenvalue weighted by molar-refractivity contribution is 7.91. The lowest BCUT2D eigenvalue weighted by molar-refractivity contribution is -0.137. The standard InChI is InChI=1S/C20H23FN2O3S2/c21-17-9-7-15(8-10-17)18-5-2-12-23(18)20(24)16-4-1-11-22(14-16)28(25,26)19-6-3-13-27-19/h3,6-10,13,16,18H,1-2,4-5,11-12,14H2. The van der Waals surface area contributed by atoms with E-state index >= 15 is 0 Å². The zero-order valence-corrected chi connectivity index (χ0v) is 17.1. The Kier molecular flexibility index (Phi) is 5.53. The summed E-state index contributed by atoms with van der Waals surface area (Å²) >= 11 is 1.20. The van der Waals surface area contributed by atoms with E-state index in [1.54, 1.807) is 29.6 Å². The van der Waals surface area contributed by atoms with Crippen LogP contribution in [0.5, 0.6) is 0 Å². The summed E-state index contributed by atoms with van der Waals surface area (Å²) in [7, 11) is -3.54. The average molecular weight is 423 g/mol. The number of thiophene rings is 1. The molecule has 5 nitrogen and oxygen atoms in total. The Morgan fingerprint density at radius 2 is 1.82 bits per heavy atom. The summed E-state index contributed by atoms with van der Waals surface area (Å²) in [6.45, 7) is 1.34. The lowest BCUT2D eigenvalue weighted by Crippen LogP contribution is -2.46. The first kappa shape index (κ1) is 19.5. The van der Waals surface area contributed by atoms with Crippen LogP contribution in [0.4, 0.5) is 4.39 Å². The fourth-order valence-corrected chi connectivity index (χ4v) is 6.86. The highest BCUT2D eigenvalue weighted by atomic mass is 32.2. The second kappa shape index (κ2) is 7.93. The van der Waals surface area contributed by atoms with Gasteiger partial charge in [-0.15, -0.1) is 11.3 Å². The third kappa shape index (κ3) is 3.73. The van der Waals surface area contributed by atoms with Gasteiger partial charge in [-0.25, -0.2) is 12.8 Å². The van der Waals surface area contributed by atoms with Gasteiger partial charge in [0.25, 0.3) is 10.0 Å². The highest BCUT2D eigenvalue weighted by Crippen LogP contribution is 2.35. The molecule has 2 aliphatic heterocycles. The van der Waals surface area contributed by atoms with Crippen LogP contribution in [-0.2, 0) is 14.8 Å². The Hall–Kier alpha value is -1.77. The molecule has 150 valence electrons. The fourth-order valence-electron chi connectivity index (χ4n) is 4.20. The van der Waals surface area contributed by atoms with Gasteiger partial charge in [0.1, 0.15) is 10.0 Å². The van der Waals surface area contributed by atoms with E-state index in [9.17, 15) is 17.6 Å². The summed E-state index contributed by atoms with van der Waals surface area (Å²) in [6, 6.07) is 9.59. The molecular formula is C20H23FN2O3S2. The lowest BCUT2D eigenvalue weighted by atomic mass is 9.96. The molecule has 8 heteroatoms. The molecule has 0 aliphatic carbocycles. The minimum absolute atomic E-state index is 0.0119. The molecular weight excluding hydrogens is 399 g/mol. The van der Waals surface area contributed by atoms with Crippen molar-refractivity contribution in [3.05, 3.63) is 53.2 Å². The van der Waals surface area contributed by atoms with E-state index in [1.807, 2.05) is 4.90 Å². The molecule has 1 amide bonds. The number of amides is 1. The predicted molar refractivity (Wildman–Crippen MR) is 106 cm³/mol. The highest BCUT2D eigenvalue weighted by Gasteiger charge is 2.38. The van der Waals surface area contributed by atoms with Gasteiger partial charge in [0.05, 0.1) is 12.0 Å². The van der Waals surface area contributed by atoms with Gasteiger partial charge in [0, 0.05) is 19.6 Å². The van der Waals surface area contributed by atoms with Gasteiger partial charge in [-0.3, -0.25) is 4.79 Å². The Morgan fingerprint density at radius 3 is 2.54 bits per heavy atom. The molecule has 4 rings (SSSR count). The maximum atomic E-state index is 13.2. The molecule has 2 atom stereocenters. The number of piperidine rings is 1. The van der Waals surface area contributed by atoms with Crippen molar-refractivity contribution in [2.45, 2.75) is 35.9 Å². The van der Waals surface area contributed by atoms with Crippen molar-refractivity contribution in [2.24, 2.45) is 5.92 Å². The molecule has 0 bridgehead atoms. The molecule has 0 N–H and O–H groups in total. The third-order valence-electron chi connectivity index (χ3n) is 5.61. The van der Waals surface area contributed by atoms with Gasteiger partial charge in [-0.05, 0) is 54.8 Å². The number of rotatable bonds is 4. The molecule has 0 radical (unpaired) electrons. The molecule has 2 aliphatic rings. The molecule has 1 aromatic carbocycles.